The van der Waals surface area contributed by atoms with Gasteiger partial charge in [-0.25, -0.2) is 15.4 Å². The zero-order chi connectivity index (χ0) is 51.7. The number of anilines is 1. The van der Waals surface area contributed by atoms with E-state index in [4.69, 9.17) is 41.1 Å². The third-order valence-electron chi connectivity index (χ3n) is 12.7. The van der Waals surface area contributed by atoms with Gasteiger partial charge in [0, 0.05) is 46.4 Å². The number of rotatable bonds is 15. The Labute approximate surface area is 406 Å². The van der Waals surface area contributed by atoms with Gasteiger partial charge in [0.2, 0.25) is 29.5 Å². The van der Waals surface area contributed by atoms with Gasteiger partial charge in [-0.05, 0) is 72.1 Å². The van der Waals surface area contributed by atoms with Gasteiger partial charge in [-0.3, -0.25) is 39.5 Å². The fourth-order valence-corrected chi connectivity index (χ4v) is 8.42. The van der Waals surface area contributed by atoms with Crippen LogP contribution in [0, 0.1) is 5.92 Å². The molecule has 3 aliphatic rings. The summed E-state index contributed by atoms with van der Waals surface area (Å²) in [5, 5.41) is 21.8. The molecule has 0 spiro atoms. The van der Waals surface area contributed by atoms with Gasteiger partial charge >= 0.3 is 12.1 Å². The van der Waals surface area contributed by atoms with Crippen LogP contribution in [0.25, 0.3) is 0 Å². The minimum Gasteiger partial charge on any atom is -0.495 e. The molecule has 0 aromatic heterocycles. The number of ether oxygens (including phenoxy) is 5. The largest absolute Gasteiger partial charge is 0.495 e. The lowest BCUT2D eigenvalue weighted by Crippen LogP contribution is -2.63. The molecule has 11 atom stereocenters. The molecule has 1 aromatic carbocycles. The zero-order valence-electron chi connectivity index (χ0n) is 40.9. The van der Waals surface area contributed by atoms with Crippen LogP contribution in [0.1, 0.15) is 86.1 Å². The molecule has 7 amide bonds. The van der Waals surface area contributed by atoms with Gasteiger partial charge in [0.05, 0.1) is 25.3 Å². The summed E-state index contributed by atoms with van der Waals surface area (Å²) in [6, 6.07) is -0.745. The van der Waals surface area contributed by atoms with Crippen LogP contribution in [0.2, 0.25) is 5.02 Å². The molecular formula is C46H67ClN8O14. The first-order valence-corrected chi connectivity index (χ1v) is 22.9. The van der Waals surface area contributed by atoms with E-state index >= 15 is 0 Å². The van der Waals surface area contributed by atoms with Crippen molar-refractivity contribution in [2.24, 2.45) is 11.8 Å². The summed E-state index contributed by atoms with van der Waals surface area (Å²) in [4.78, 5) is 107. The minimum atomic E-state index is -1.89. The third-order valence-corrected chi connectivity index (χ3v) is 13.1. The van der Waals surface area contributed by atoms with Crippen molar-refractivity contribution in [1.29, 1.82) is 0 Å². The number of alkyl carbamates (subject to hydrolysis) is 1. The van der Waals surface area contributed by atoms with Crippen LogP contribution >= 0.6 is 11.6 Å². The smallest absolute Gasteiger partial charge is 0.409 e. The summed E-state index contributed by atoms with van der Waals surface area (Å²) in [5.41, 5.74) is 0.651. The number of epoxide rings is 1. The molecule has 2 fully saturated rings. The van der Waals surface area contributed by atoms with Crippen molar-refractivity contribution in [2.45, 2.75) is 147 Å². The Balaban J connectivity index is 1.49. The first-order chi connectivity index (χ1) is 32.3. The average Bonchev–Trinajstić information content (AvgIpc) is 4.00. The molecule has 0 aliphatic carbocycles. The number of halogens is 1. The molecule has 0 saturated carbocycles. The Bertz CT molecular complexity index is 2190. The number of hydrogen-bond acceptors (Lipinski definition) is 15. The number of likely N-dealkylation sites (N-methyl/N-ethyl adjacent to an activating group) is 1. The second-order valence-corrected chi connectivity index (χ2v) is 18.4. The zero-order valence-corrected chi connectivity index (χ0v) is 41.7. The highest BCUT2D eigenvalue weighted by atomic mass is 35.5. The second kappa shape index (κ2) is 23.7. The van der Waals surface area contributed by atoms with Gasteiger partial charge in [0.25, 0.3) is 5.91 Å². The number of fused-ring (bicyclic) bond motifs is 5. The molecule has 11 unspecified atom stereocenters. The van der Waals surface area contributed by atoms with Crippen LogP contribution in [0.3, 0.4) is 0 Å². The molecule has 2 saturated heterocycles. The highest BCUT2D eigenvalue weighted by Gasteiger charge is 2.64. The molecule has 4 bridgehead atoms. The van der Waals surface area contributed by atoms with E-state index in [-0.39, 0.29) is 30.7 Å². The van der Waals surface area contributed by atoms with E-state index in [9.17, 15) is 43.5 Å². The number of aliphatic hydroxyl groups is 1. The number of esters is 1. The standard InChI is InChI=1S/C46H67ClN8O14/c1-23-14-12-15-33(66-11)46(64)22-32(67-44(63)52-46)24(2)39-45(7,69-39)34(21-37(58)55(9)30-19-29(18-23)20-31(65-10)38(30)47)68-43(62)28(6)54(8)36(57)17-13-16-35(56)49-25(3)40(59)50-26(4)41(60)51-27(5)42(61)53-48/h12,14-15,19-20,24-28,32-34,39,64H,13,16-18,21-22,48H2,1-11H3,(H,49,56)(H,50,59)(H,51,60)(H,52,63)(H,53,61)/b15-12+,23-14+. The Kier molecular flexibility index (Phi) is 19.1. The van der Waals surface area contributed by atoms with Gasteiger partial charge in [-0.2, -0.15) is 0 Å². The summed E-state index contributed by atoms with van der Waals surface area (Å²) in [6.45, 7) is 10.9. The van der Waals surface area contributed by atoms with Crippen LogP contribution in [0.15, 0.2) is 35.9 Å². The Morgan fingerprint density at radius 3 is 2.25 bits per heavy atom. The predicted molar refractivity (Wildman–Crippen MR) is 250 cm³/mol. The predicted octanol–water partition coefficient (Wildman–Crippen LogP) is 1.19. The third kappa shape index (κ3) is 13.9. The van der Waals surface area contributed by atoms with E-state index in [1.54, 1.807) is 38.1 Å². The first-order valence-electron chi connectivity index (χ1n) is 22.6. The number of methoxy groups -OCH3 is 2. The van der Waals surface area contributed by atoms with E-state index in [0.29, 0.717) is 17.9 Å². The SMILES string of the molecule is COc1cc2cc(c1Cl)N(C)C(=O)CC(OC(=O)C(C)N(C)C(=O)CCCC(=O)NC(C)C(=O)NC(C)C(=O)NC(C)C(=O)NN)C1(C)OC1C(C)C1CC(O)(NC(=O)O1)C(OC)/C=C/C=C(\C)C2. The van der Waals surface area contributed by atoms with Crippen LogP contribution in [-0.4, -0.2) is 146 Å². The van der Waals surface area contributed by atoms with Crippen LogP contribution in [0.5, 0.6) is 5.75 Å². The Morgan fingerprint density at radius 2 is 1.64 bits per heavy atom. The molecule has 23 heteroatoms. The average molecular weight is 992 g/mol. The van der Waals surface area contributed by atoms with E-state index in [2.05, 4.69) is 21.3 Å². The van der Waals surface area contributed by atoms with Crippen LogP contribution in [0.4, 0.5) is 10.5 Å². The maximum Gasteiger partial charge on any atom is 0.409 e. The molecule has 3 aliphatic heterocycles. The van der Waals surface area contributed by atoms with Crippen LogP contribution in [-0.2, 0) is 58.9 Å². The normalized spacial score (nSPS) is 27.7. The molecule has 4 rings (SSSR count). The van der Waals surface area contributed by atoms with E-state index in [1.165, 1.54) is 60.9 Å². The quantitative estimate of drug-likeness (QED) is 0.0427. The first kappa shape index (κ1) is 55.8. The maximum atomic E-state index is 14.3. The summed E-state index contributed by atoms with van der Waals surface area (Å²) in [5.74, 6) is 0.371. The molecule has 382 valence electrons. The molecule has 3 heterocycles. The summed E-state index contributed by atoms with van der Waals surface area (Å²) in [7, 11) is 5.77. The van der Waals surface area contributed by atoms with Gasteiger partial charge in [0.15, 0.2) is 5.72 Å². The number of nitrogens with one attached hydrogen (secondary N) is 5. The maximum absolute atomic E-state index is 14.3. The van der Waals surface area contributed by atoms with E-state index < -0.39 is 120 Å². The highest BCUT2D eigenvalue weighted by molar-refractivity contribution is 6.35. The van der Waals surface area contributed by atoms with Crippen LogP contribution < -0.4 is 42.2 Å². The van der Waals surface area contributed by atoms with Crippen molar-refractivity contribution in [2.75, 3.05) is 33.2 Å². The number of allylic oxidation sites excluding steroid dienone is 3. The monoisotopic (exact) mass is 990 g/mol. The lowest BCUT2D eigenvalue weighted by molar-refractivity contribution is -0.162. The number of hydrazine groups is 1. The van der Waals surface area contributed by atoms with Crippen molar-refractivity contribution in [3.63, 3.8) is 0 Å². The van der Waals surface area contributed by atoms with Crippen molar-refractivity contribution >= 4 is 64.8 Å². The summed E-state index contributed by atoms with van der Waals surface area (Å²) >= 11 is 6.78. The minimum absolute atomic E-state index is 0.0438. The van der Waals surface area contributed by atoms with Gasteiger partial charge < -0.3 is 54.5 Å². The van der Waals surface area contributed by atoms with Crippen molar-refractivity contribution in [3.05, 3.63) is 46.5 Å². The van der Waals surface area contributed by atoms with Gasteiger partial charge in [0.1, 0.15) is 58.9 Å². The highest BCUT2D eigenvalue weighted by Crippen LogP contribution is 2.49. The van der Waals surface area contributed by atoms with Crippen molar-refractivity contribution in [1.82, 2.24) is 31.6 Å². The van der Waals surface area contributed by atoms with E-state index in [1.807, 2.05) is 18.4 Å². The lowest BCUT2D eigenvalue weighted by Gasteiger charge is -2.42. The molecule has 0 radical (unpaired) electrons. The van der Waals surface area contributed by atoms with Crippen molar-refractivity contribution < 1.29 is 67.1 Å². The van der Waals surface area contributed by atoms with E-state index in [0.717, 1.165) is 16.0 Å². The number of benzene rings is 1. The summed E-state index contributed by atoms with van der Waals surface area (Å²) < 4.78 is 29.2. The molecule has 1 aromatic rings. The number of carbonyl (C=O) groups is 8. The Hall–Kier alpha value is -5.81. The lowest BCUT2D eigenvalue weighted by atomic mass is 9.83. The summed E-state index contributed by atoms with van der Waals surface area (Å²) in [6.07, 6.45) is -0.0765. The molecule has 69 heavy (non-hydrogen) atoms. The number of hydrogen-bond donors (Lipinski definition) is 7. The van der Waals surface area contributed by atoms with Gasteiger partial charge in [-0.1, -0.05) is 42.3 Å². The number of amides is 7. The Morgan fingerprint density at radius 1 is 1.01 bits per heavy atom. The number of nitrogens with zero attached hydrogens (tertiary/aromatic N) is 2. The fraction of sp³-hybridized carbons (Fsp3) is 0.609. The molecule has 8 N–H and O–H groups in total. The number of carbonyl (C=O) groups excluding carboxylic acids is 8. The second-order valence-electron chi connectivity index (χ2n) is 18.0. The topological polar surface area (TPSA) is 299 Å². The fourth-order valence-electron chi connectivity index (χ4n) is 8.11. The molecular weight excluding hydrogens is 924 g/mol. The number of nitrogens with two attached hydrogens (primary N) is 1. The molecule has 22 nitrogen and oxygen atoms in total. The van der Waals surface area contributed by atoms with Crippen molar-refractivity contribution in [3.8, 4) is 5.75 Å². The van der Waals surface area contributed by atoms with Gasteiger partial charge in [-0.15, -0.1) is 0 Å².